The van der Waals surface area contributed by atoms with E-state index < -0.39 is 11.6 Å². The molecule has 1 N–H and O–H groups in total. The van der Waals surface area contributed by atoms with Crippen LogP contribution in [0.2, 0.25) is 0 Å². The molecule has 7 heteroatoms. The summed E-state index contributed by atoms with van der Waals surface area (Å²) in [5, 5.41) is 10.7. The molecule has 0 radical (unpaired) electrons. The Bertz CT molecular complexity index is 818. The zero-order chi connectivity index (χ0) is 16.1. The standard InChI is InChI=1S/C16H12F2N4O/c17-13-4-3-11(14(18)10-13)2-1-7-20-16-22-21-15(23-16)12-5-8-19-9-6-12/h1-6,8-10H,7H2,(H,20,22)/b2-1+. The summed E-state index contributed by atoms with van der Waals surface area (Å²) in [6.07, 6.45) is 6.48. The first-order valence-electron chi connectivity index (χ1n) is 6.82. The van der Waals surface area contributed by atoms with Crippen LogP contribution in [0.3, 0.4) is 0 Å². The van der Waals surface area contributed by atoms with E-state index in [0.717, 1.165) is 11.6 Å². The van der Waals surface area contributed by atoms with Crippen molar-refractivity contribution in [3.8, 4) is 11.5 Å². The number of rotatable bonds is 5. The molecule has 116 valence electrons. The van der Waals surface area contributed by atoms with Gasteiger partial charge in [-0.15, -0.1) is 5.10 Å². The van der Waals surface area contributed by atoms with Gasteiger partial charge in [0.15, 0.2) is 0 Å². The van der Waals surface area contributed by atoms with Crippen molar-refractivity contribution in [3.63, 3.8) is 0 Å². The smallest absolute Gasteiger partial charge is 0.315 e. The van der Waals surface area contributed by atoms with E-state index in [-0.39, 0.29) is 6.01 Å². The molecule has 0 amide bonds. The summed E-state index contributed by atoms with van der Waals surface area (Å²) < 4.78 is 31.7. The van der Waals surface area contributed by atoms with Crippen LogP contribution >= 0.6 is 0 Å². The Morgan fingerprint density at radius 2 is 1.91 bits per heavy atom. The molecule has 2 aromatic heterocycles. The molecular weight excluding hydrogens is 302 g/mol. The molecule has 5 nitrogen and oxygen atoms in total. The maximum atomic E-state index is 13.4. The van der Waals surface area contributed by atoms with Crippen LogP contribution in [-0.4, -0.2) is 21.7 Å². The molecule has 0 fully saturated rings. The van der Waals surface area contributed by atoms with Crippen molar-refractivity contribution in [2.45, 2.75) is 0 Å². The van der Waals surface area contributed by atoms with Crippen LogP contribution in [0.1, 0.15) is 5.56 Å². The van der Waals surface area contributed by atoms with Crippen molar-refractivity contribution in [2.24, 2.45) is 0 Å². The summed E-state index contributed by atoms with van der Waals surface area (Å²) in [7, 11) is 0. The van der Waals surface area contributed by atoms with Gasteiger partial charge in [-0.05, 0) is 24.3 Å². The Labute approximate surface area is 130 Å². The highest BCUT2D eigenvalue weighted by Crippen LogP contribution is 2.18. The Morgan fingerprint density at radius 3 is 2.70 bits per heavy atom. The number of nitrogens with one attached hydrogen (secondary N) is 1. The third-order valence-electron chi connectivity index (χ3n) is 2.98. The molecule has 0 bridgehead atoms. The van der Waals surface area contributed by atoms with E-state index in [4.69, 9.17) is 4.42 Å². The third kappa shape index (κ3) is 3.76. The van der Waals surface area contributed by atoms with E-state index in [1.54, 1.807) is 36.7 Å². The largest absolute Gasteiger partial charge is 0.403 e. The Morgan fingerprint density at radius 1 is 1.09 bits per heavy atom. The number of benzene rings is 1. The average Bonchev–Trinajstić information content (AvgIpc) is 3.03. The lowest BCUT2D eigenvalue weighted by Crippen LogP contribution is -1.98. The highest BCUT2D eigenvalue weighted by molar-refractivity contribution is 5.52. The predicted molar refractivity (Wildman–Crippen MR) is 81.4 cm³/mol. The van der Waals surface area contributed by atoms with Crippen molar-refractivity contribution in [1.29, 1.82) is 0 Å². The molecule has 3 rings (SSSR count). The summed E-state index contributed by atoms with van der Waals surface area (Å²) in [5.41, 5.74) is 1.07. The van der Waals surface area contributed by atoms with Gasteiger partial charge >= 0.3 is 6.01 Å². The maximum absolute atomic E-state index is 13.4. The molecule has 3 aromatic rings. The van der Waals surface area contributed by atoms with Crippen LogP contribution < -0.4 is 5.32 Å². The topological polar surface area (TPSA) is 63.8 Å². The summed E-state index contributed by atoms with van der Waals surface area (Å²) >= 11 is 0. The predicted octanol–water partition coefficient (Wildman–Crippen LogP) is 3.54. The normalized spacial score (nSPS) is 11.0. The van der Waals surface area contributed by atoms with Gasteiger partial charge in [0.25, 0.3) is 0 Å². The number of nitrogens with zero attached hydrogens (tertiary/aromatic N) is 3. The molecule has 1 aromatic carbocycles. The van der Waals surface area contributed by atoms with E-state index >= 15 is 0 Å². The molecule has 0 aliphatic heterocycles. The number of halogens is 2. The van der Waals surface area contributed by atoms with Crippen molar-refractivity contribution >= 4 is 12.1 Å². The van der Waals surface area contributed by atoms with Crippen LogP contribution in [0.5, 0.6) is 0 Å². The monoisotopic (exact) mass is 314 g/mol. The molecule has 0 saturated carbocycles. The number of pyridine rings is 1. The Balaban J connectivity index is 1.59. The van der Waals surface area contributed by atoms with Gasteiger partial charge in [-0.25, -0.2) is 8.78 Å². The number of anilines is 1. The van der Waals surface area contributed by atoms with Gasteiger partial charge in [-0.2, -0.15) is 0 Å². The summed E-state index contributed by atoms with van der Waals surface area (Å²) in [6.45, 7) is 0.356. The SMILES string of the molecule is Fc1ccc(/C=C/CNc2nnc(-c3ccncc3)o2)c(F)c1. The van der Waals surface area contributed by atoms with E-state index in [1.165, 1.54) is 12.1 Å². The fraction of sp³-hybridized carbons (Fsp3) is 0.0625. The fourth-order valence-corrected chi connectivity index (χ4v) is 1.87. The molecule has 0 aliphatic rings. The van der Waals surface area contributed by atoms with Gasteiger partial charge in [0.1, 0.15) is 11.6 Å². The van der Waals surface area contributed by atoms with E-state index in [9.17, 15) is 8.78 Å². The lowest BCUT2D eigenvalue weighted by Gasteiger charge is -1.98. The first kappa shape index (κ1) is 14.8. The Kier molecular flexibility index (Phi) is 4.37. The highest BCUT2D eigenvalue weighted by Gasteiger charge is 2.07. The summed E-state index contributed by atoms with van der Waals surface area (Å²) in [4.78, 5) is 3.91. The molecule has 0 unspecified atom stereocenters. The van der Waals surface area contributed by atoms with Gasteiger partial charge in [-0.3, -0.25) is 4.98 Å². The van der Waals surface area contributed by atoms with Gasteiger partial charge in [-0.1, -0.05) is 17.3 Å². The van der Waals surface area contributed by atoms with Crippen LogP contribution in [-0.2, 0) is 0 Å². The minimum atomic E-state index is -0.612. The Hall–Kier alpha value is -3.09. The van der Waals surface area contributed by atoms with Crippen LogP contribution in [0, 0.1) is 11.6 Å². The van der Waals surface area contributed by atoms with Crippen molar-refractivity contribution in [1.82, 2.24) is 15.2 Å². The lowest BCUT2D eigenvalue weighted by molar-refractivity contribution is 0.581. The van der Waals surface area contributed by atoms with Gasteiger partial charge < -0.3 is 9.73 Å². The van der Waals surface area contributed by atoms with Crippen molar-refractivity contribution in [2.75, 3.05) is 11.9 Å². The number of aromatic nitrogens is 3. The quantitative estimate of drug-likeness (QED) is 0.780. The fourth-order valence-electron chi connectivity index (χ4n) is 1.87. The van der Waals surface area contributed by atoms with E-state index in [1.807, 2.05) is 0 Å². The van der Waals surface area contributed by atoms with Crippen molar-refractivity contribution in [3.05, 3.63) is 66.0 Å². The molecule has 0 aliphatic carbocycles. The van der Waals surface area contributed by atoms with Crippen molar-refractivity contribution < 1.29 is 13.2 Å². The first-order valence-corrected chi connectivity index (χ1v) is 6.82. The first-order chi connectivity index (χ1) is 11.2. The molecule has 0 saturated heterocycles. The van der Waals surface area contributed by atoms with Gasteiger partial charge in [0.05, 0.1) is 0 Å². The zero-order valence-corrected chi connectivity index (χ0v) is 11.9. The average molecular weight is 314 g/mol. The molecule has 23 heavy (non-hydrogen) atoms. The highest BCUT2D eigenvalue weighted by atomic mass is 19.1. The third-order valence-corrected chi connectivity index (χ3v) is 2.98. The van der Waals surface area contributed by atoms with Crippen LogP contribution in [0.15, 0.2) is 53.2 Å². The second-order valence-corrected chi connectivity index (χ2v) is 4.60. The number of hydrogen-bond acceptors (Lipinski definition) is 5. The zero-order valence-electron chi connectivity index (χ0n) is 11.9. The van der Waals surface area contributed by atoms with E-state index in [0.29, 0.717) is 18.0 Å². The molecule has 0 spiro atoms. The molecule has 0 atom stereocenters. The summed E-state index contributed by atoms with van der Waals surface area (Å²) in [5.74, 6) is -0.838. The maximum Gasteiger partial charge on any atom is 0.315 e. The second kappa shape index (κ2) is 6.78. The van der Waals surface area contributed by atoms with E-state index in [2.05, 4.69) is 20.5 Å². The van der Waals surface area contributed by atoms with Crippen LogP contribution in [0.25, 0.3) is 17.5 Å². The summed E-state index contributed by atoms with van der Waals surface area (Å²) in [6, 6.07) is 7.18. The lowest BCUT2D eigenvalue weighted by atomic mass is 10.2. The second-order valence-electron chi connectivity index (χ2n) is 4.60. The molecular formula is C16H12F2N4O. The molecule has 2 heterocycles. The number of hydrogen-bond donors (Lipinski definition) is 1. The van der Waals surface area contributed by atoms with Crippen LogP contribution in [0.4, 0.5) is 14.8 Å². The van der Waals surface area contributed by atoms with Gasteiger partial charge in [0, 0.05) is 36.1 Å². The minimum absolute atomic E-state index is 0.251. The minimum Gasteiger partial charge on any atom is -0.403 e. The van der Waals surface area contributed by atoms with Gasteiger partial charge in [0.2, 0.25) is 5.89 Å².